The first-order valence-corrected chi connectivity index (χ1v) is 17.3. The van der Waals surface area contributed by atoms with Crippen molar-refractivity contribution < 1.29 is 23.2 Å². The highest BCUT2D eigenvalue weighted by atomic mass is 28.4. The Hall–Kier alpha value is -0.506. The summed E-state index contributed by atoms with van der Waals surface area (Å²) in [6.07, 6.45) is 0.549. The number of ether oxygens (including phenoxy) is 1. The fourth-order valence-corrected chi connectivity index (χ4v) is 12.0. The normalized spacial score (nSPS) is 17.4. The first-order chi connectivity index (χ1) is 14.4. The SMILES string of the molecule is COC(=O)[C@H](C)[C@@H](O[Si](C(C)C)(C(C)C)C(C)C)[C@@H](C)[C@H](CC=O)O[Si](C)(C)C(C)(C)C. The Balaban J connectivity index is 6.45. The monoisotopic (exact) mass is 488 g/mol. The predicted molar refractivity (Wildman–Crippen MR) is 139 cm³/mol. The van der Waals surface area contributed by atoms with Crippen LogP contribution in [-0.4, -0.2) is 48.2 Å². The van der Waals surface area contributed by atoms with Gasteiger partial charge < -0.3 is 18.4 Å². The smallest absolute Gasteiger partial charge is 0.310 e. The highest BCUT2D eigenvalue weighted by molar-refractivity contribution is 6.77. The minimum atomic E-state index is -2.28. The van der Waals surface area contributed by atoms with Crippen LogP contribution in [0.1, 0.15) is 82.6 Å². The van der Waals surface area contributed by atoms with Gasteiger partial charge in [-0.15, -0.1) is 0 Å². The molecule has 0 radical (unpaired) electrons. The number of aldehydes is 1. The maximum Gasteiger partial charge on any atom is 0.310 e. The lowest BCUT2D eigenvalue weighted by Crippen LogP contribution is -2.56. The van der Waals surface area contributed by atoms with E-state index in [9.17, 15) is 9.59 Å². The molecule has 0 fully saturated rings. The van der Waals surface area contributed by atoms with E-state index in [1.165, 1.54) is 7.11 Å². The molecule has 0 N–H and O–H groups in total. The summed E-state index contributed by atoms with van der Waals surface area (Å²) >= 11 is 0. The number of hydrogen-bond acceptors (Lipinski definition) is 5. The van der Waals surface area contributed by atoms with Gasteiger partial charge in [-0.05, 0) is 41.7 Å². The standard InChI is InChI=1S/C25H52O5Si2/c1-17(2)32(18(3)4,19(5)6)30-23(21(8)24(27)28-12)20(7)22(15-16-26)29-31(13,14)25(9,10)11/h16-23H,15H2,1-14H3/t20-,21+,22-,23-/m0/s1. The van der Waals surface area contributed by atoms with Gasteiger partial charge in [-0.2, -0.15) is 0 Å². The summed E-state index contributed by atoms with van der Waals surface area (Å²) in [5.74, 6) is -0.861. The Kier molecular flexibility index (Phi) is 12.1. The van der Waals surface area contributed by atoms with E-state index < -0.39 is 22.6 Å². The number of carbonyl (C=O) groups excluding carboxylic acids is 2. The minimum absolute atomic E-state index is 0.0183. The molecule has 0 aromatic rings. The summed E-state index contributed by atoms with van der Waals surface area (Å²) < 4.78 is 19.0. The number of esters is 1. The van der Waals surface area contributed by atoms with Crippen LogP contribution in [-0.2, 0) is 23.2 Å². The second kappa shape index (κ2) is 12.3. The predicted octanol–water partition coefficient (Wildman–Crippen LogP) is 6.97. The van der Waals surface area contributed by atoms with Crippen LogP contribution >= 0.6 is 0 Å². The van der Waals surface area contributed by atoms with Crippen molar-refractivity contribution in [3.05, 3.63) is 0 Å². The lowest BCUT2D eigenvalue weighted by Gasteiger charge is -2.48. The van der Waals surface area contributed by atoms with E-state index in [0.29, 0.717) is 23.0 Å². The summed E-state index contributed by atoms with van der Waals surface area (Å²) in [5, 5.41) is 0.0183. The molecule has 0 aliphatic carbocycles. The van der Waals surface area contributed by atoms with Gasteiger partial charge in [0.15, 0.2) is 8.32 Å². The Morgan fingerprint density at radius 3 is 1.62 bits per heavy atom. The van der Waals surface area contributed by atoms with Crippen molar-refractivity contribution in [3.8, 4) is 0 Å². The highest BCUT2D eigenvalue weighted by Gasteiger charge is 2.50. The van der Waals surface area contributed by atoms with Crippen molar-refractivity contribution in [3.63, 3.8) is 0 Å². The Morgan fingerprint density at radius 1 is 0.875 bits per heavy atom. The number of methoxy groups -OCH3 is 1. The maximum atomic E-state index is 12.7. The van der Waals surface area contributed by atoms with E-state index in [4.69, 9.17) is 13.6 Å². The van der Waals surface area contributed by atoms with E-state index in [1.807, 2.05) is 6.92 Å². The fraction of sp³-hybridized carbons (Fsp3) is 0.920. The van der Waals surface area contributed by atoms with Gasteiger partial charge >= 0.3 is 5.97 Å². The third-order valence-electron chi connectivity index (χ3n) is 7.80. The summed E-state index contributed by atoms with van der Waals surface area (Å²) in [6, 6.07) is 0. The molecule has 0 unspecified atom stereocenters. The van der Waals surface area contributed by atoms with E-state index >= 15 is 0 Å². The second-order valence-corrected chi connectivity index (χ2v) is 22.1. The number of carbonyl (C=O) groups is 2. The quantitative estimate of drug-likeness (QED) is 0.159. The average Bonchev–Trinajstić information content (AvgIpc) is 2.64. The highest BCUT2D eigenvalue weighted by Crippen LogP contribution is 2.46. The largest absolute Gasteiger partial charge is 0.469 e. The lowest BCUT2D eigenvalue weighted by atomic mass is 9.88. The summed E-state index contributed by atoms with van der Waals surface area (Å²) in [4.78, 5) is 24.3. The van der Waals surface area contributed by atoms with Gasteiger partial charge in [0.05, 0.1) is 25.2 Å². The molecule has 0 bridgehead atoms. The number of rotatable bonds is 13. The van der Waals surface area contributed by atoms with Crippen LogP contribution in [0.15, 0.2) is 0 Å². The molecule has 7 heteroatoms. The Bertz CT molecular complexity index is 574. The molecule has 0 aliphatic rings. The third kappa shape index (κ3) is 7.24. The molecule has 0 rings (SSSR count). The van der Waals surface area contributed by atoms with Gasteiger partial charge in [-0.25, -0.2) is 0 Å². The van der Waals surface area contributed by atoms with Crippen LogP contribution < -0.4 is 0 Å². The van der Waals surface area contributed by atoms with Crippen LogP contribution in [0.3, 0.4) is 0 Å². The average molecular weight is 489 g/mol. The molecule has 0 spiro atoms. The van der Waals surface area contributed by atoms with E-state index in [1.54, 1.807) is 0 Å². The summed E-state index contributed by atoms with van der Waals surface area (Å²) in [7, 11) is -2.98. The van der Waals surface area contributed by atoms with Crippen LogP contribution in [0.25, 0.3) is 0 Å². The first-order valence-electron chi connectivity index (χ1n) is 12.3. The zero-order valence-corrected chi connectivity index (χ0v) is 25.4. The molecular weight excluding hydrogens is 436 g/mol. The van der Waals surface area contributed by atoms with Crippen molar-refractivity contribution in [2.45, 2.75) is 130 Å². The molecule has 0 saturated heterocycles. The maximum absolute atomic E-state index is 12.7. The molecule has 5 nitrogen and oxygen atoms in total. The van der Waals surface area contributed by atoms with Gasteiger partial charge in [-0.3, -0.25) is 4.79 Å². The van der Waals surface area contributed by atoms with Crippen LogP contribution in [0.5, 0.6) is 0 Å². The summed E-state index contributed by atoms with van der Waals surface area (Å²) in [5.41, 5.74) is 1.15. The van der Waals surface area contributed by atoms with Crippen LogP contribution in [0.2, 0.25) is 34.8 Å². The van der Waals surface area contributed by atoms with Gasteiger partial charge in [0.2, 0.25) is 8.32 Å². The topological polar surface area (TPSA) is 61.8 Å². The minimum Gasteiger partial charge on any atom is -0.469 e. The Morgan fingerprint density at radius 2 is 1.31 bits per heavy atom. The molecule has 0 aliphatic heterocycles. The second-order valence-electron chi connectivity index (χ2n) is 11.9. The van der Waals surface area contributed by atoms with Gasteiger partial charge in [0, 0.05) is 12.3 Å². The van der Waals surface area contributed by atoms with Gasteiger partial charge in [-0.1, -0.05) is 69.2 Å². The number of hydrogen-bond donors (Lipinski definition) is 0. The molecule has 0 heterocycles. The molecule has 0 amide bonds. The molecule has 0 aromatic heterocycles. The Labute approximate surface area is 200 Å². The van der Waals surface area contributed by atoms with Gasteiger partial charge in [0.25, 0.3) is 0 Å². The van der Waals surface area contributed by atoms with Crippen LogP contribution in [0, 0.1) is 11.8 Å². The zero-order chi connectivity index (χ0) is 25.7. The summed E-state index contributed by atoms with van der Waals surface area (Å²) in [6.45, 7) is 28.4. The van der Waals surface area contributed by atoms with Gasteiger partial charge in [0.1, 0.15) is 6.29 Å². The molecule has 190 valence electrons. The lowest BCUT2D eigenvalue weighted by molar-refractivity contribution is -0.150. The van der Waals surface area contributed by atoms with Crippen LogP contribution in [0.4, 0.5) is 0 Å². The molecule has 4 atom stereocenters. The third-order valence-corrected chi connectivity index (χ3v) is 18.4. The van der Waals surface area contributed by atoms with E-state index in [-0.39, 0.29) is 29.1 Å². The van der Waals surface area contributed by atoms with E-state index in [2.05, 4.69) is 82.3 Å². The van der Waals surface area contributed by atoms with Crippen molar-refractivity contribution in [2.75, 3.05) is 7.11 Å². The molecule has 0 aromatic carbocycles. The fourth-order valence-electron chi connectivity index (χ4n) is 4.86. The molecule has 32 heavy (non-hydrogen) atoms. The zero-order valence-electron chi connectivity index (χ0n) is 23.4. The van der Waals surface area contributed by atoms with Crippen molar-refractivity contribution in [1.82, 2.24) is 0 Å². The van der Waals surface area contributed by atoms with E-state index in [0.717, 1.165) is 6.29 Å². The first kappa shape index (κ1) is 31.5. The molecular formula is C25H52O5Si2. The van der Waals surface area contributed by atoms with Crippen molar-refractivity contribution >= 4 is 28.9 Å². The van der Waals surface area contributed by atoms with Crippen molar-refractivity contribution in [1.29, 1.82) is 0 Å². The molecule has 0 saturated carbocycles. The van der Waals surface area contributed by atoms with Crippen molar-refractivity contribution in [2.24, 2.45) is 11.8 Å².